The van der Waals surface area contributed by atoms with E-state index in [4.69, 9.17) is 14.4 Å². The molecule has 7 aromatic carbocycles. The maximum absolute atomic E-state index is 6.74. The molecule has 0 amide bonds. The van der Waals surface area contributed by atoms with Gasteiger partial charge in [-0.2, -0.15) is 0 Å². The van der Waals surface area contributed by atoms with Crippen molar-refractivity contribution in [2.45, 2.75) is 0 Å². The summed E-state index contributed by atoms with van der Waals surface area (Å²) in [6.45, 7) is 0. The number of para-hydroxylation sites is 1. The molecule has 0 spiro atoms. The first-order valence-corrected chi connectivity index (χ1v) is 19.5. The summed E-state index contributed by atoms with van der Waals surface area (Å²) in [5.74, 6) is 0.665. The van der Waals surface area contributed by atoms with E-state index in [2.05, 4.69) is 138 Å². The zero-order chi connectivity index (χ0) is 37.0. The van der Waals surface area contributed by atoms with Crippen LogP contribution < -0.4 is 0 Å². The van der Waals surface area contributed by atoms with Gasteiger partial charge in [-0.25, -0.2) is 9.97 Å². The fourth-order valence-electron chi connectivity index (χ4n) is 7.98. The number of thiophene rings is 1. The Morgan fingerprint density at radius 2 is 1.07 bits per heavy atom. The lowest BCUT2D eigenvalue weighted by Crippen LogP contribution is -1.97. The molecule has 0 fully saturated rings. The Hall–Kier alpha value is -7.21. The van der Waals surface area contributed by atoms with E-state index in [1.807, 2.05) is 60.0 Å². The van der Waals surface area contributed by atoms with Gasteiger partial charge < -0.3 is 4.42 Å². The second-order valence-electron chi connectivity index (χ2n) is 13.9. The van der Waals surface area contributed by atoms with E-state index in [9.17, 15) is 0 Å². The van der Waals surface area contributed by atoms with Crippen LogP contribution in [0.2, 0.25) is 0 Å². The third kappa shape index (κ3) is 5.40. The molecule has 262 valence electrons. The van der Waals surface area contributed by atoms with Gasteiger partial charge in [0.1, 0.15) is 11.2 Å². The summed E-state index contributed by atoms with van der Waals surface area (Å²) in [5.41, 5.74) is 13.0. The van der Waals surface area contributed by atoms with E-state index in [0.717, 1.165) is 72.3 Å². The van der Waals surface area contributed by atoms with Gasteiger partial charge in [-0.1, -0.05) is 146 Å². The molecule has 0 aliphatic carbocycles. The van der Waals surface area contributed by atoms with E-state index in [0.29, 0.717) is 5.82 Å². The standard InChI is InChI=1S/C51H31N3OS/c1-2-12-33(13-3-1)44-30-45(54-51(53-44)42-17-5-4-15-36(42)35-14-11-29-52-31-35)34-25-23-32(24-26-34)37-27-28-39(48-43-18-6-8-21-46(43)55-49(37)48)41-20-10-19-40-38-16-7-9-22-47(38)56-50(40)41/h1-31H. The second-order valence-corrected chi connectivity index (χ2v) is 15.0. The summed E-state index contributed by atoms with van der Waals surface area (Å²) in [4.78, 5) is 14.7. The highest BCUT2D eigenvalue weighted by molar-refractivity contribution is 7.26. The molecule has 4 aromatic heterocycles. The fourth-order valence-corrected chi connectivity index (χ4v) is 9.21. The summed E-state index contributed by atoms with van der Waals surface area (Å²) in [5, 5.41) is 4.83. The highest BCUT2D eigenvalue weighted by Crippen LogP contribution is 2.46. The number of aromatic nitrogens is 3. The number of hydrogen-bond acceptors (Lipinski definition) is 5. The van der Waals surface area contributed by atoms with Crippen LogP contribution in [0.25, 0.3) is 109 Å². The Morgan fingerprint density at radius 3 is 1.89 bits per heavy atom. The van der Waals surface area contributed by atoms with Crippen LogP contribution in [0, 0.1) is 0 Å². The topological polar surface area (TPSA) is 51.8 Å². The highest BCUT2D eigenvalue weighted by Gasteiger charge is 2.20. The zero-order valence-electron chi connectivity index (χ0n) is 30.1. The van der Waals surface area contributed by atoms with Crippen molar-refractivity contribution in [3.05, 3.63) is 188 Å². The second kappa shape index (κ2) is 13.3. The normalized spacial score (nSPS) is 11.6. The number of pyridine rings is 1. The number of furan rings is 1. The van der Waals surface area contributed by atoms with Crippen LogP contribution >= 0.6 is 11.3 Å². The molecule has 0 saturated carbocycles. The summed E-state index contributed by atoms with van der Waals surface area (Å²) in [6.07, 6.45) is 3.68. The van der Waals surface area contributed by atoms with Gasteiger partial charge >= 0.3 is 0 Å². The van der Waals surface area contributed by atoms with E-state index < -0.39 is 0 Å². The molecule has 0 atom stereocenters. The van der Waals surface area contributed by atoms with Gasteiger partial charge in [0.15, 0.2) is 5.82 Å². The summed E-state index contributed by atoms with van der Waals surface area (Å²) in [6, 6.07) is 61.6. The molecule has 0 aliphatic heterocycles. The maximum atomic E-state index is 6.74. The Bertz CT molecular complexity index is 3240. The van der Waals surface area contributed by atoms with Gasteiger partial charge in [0.2, 0.25) is 0 Å². The smallest absolute Gasteiger partial charge is 0.161 e. The van der Waals surface area contributed by atoms with Crippen molar-refractivity contribution in [2.75, 3.05) is 0 Å². The van der Waals surface area contributed by atoms with Crippen LogP contribution in [0.3, 0.4) is 0 Å². The minimum Gasteiger partial charge on any atom is -0.455 e. The van der Waals surface area contributed by atoms with Gasteiger partial charge in [-0.15, -0.1) is 11.3 Å². The highest BCUT2D eigenvalue weighted by atomic mass is 32.1. The number of nitrogens with zero attached hydrogens (tertiary/aromatic N) is 3. The van der Waals surface area contributed by atoms with Gasteiger partial charge in [0.25, 0.3) is 0 Å². The lowest BCUT2D eigenvalue weighted by Gasteiger charge is -2.13. The first-order valence-electron chi connectivity index (χ1n) is 18.7. The Kier molecular flexibility index (Phi) is 7.64. The van der Waals surface area contributed by atoms with Crippen molar-refractivity contribution in [3.8, 4) is 67.3 Å². The van der Waals surface area contributed by atoms with E-state index in [-0.39, 0.29) is 0 Å². The molecule has 0 N–H and O–H groups in total. The zero-order valence-corrected chi connectivity index (χ0v) is 30.9. The van der Waals surface area contributed by atoms with Crippen LogP contribution in [0.4, 0.5) is 0 Å². The third-order valence-electron chi connectivity index (χ3n) is 10.6. The first-order chi connectivity index (χ1) is 27.8. The molecule has 11 rings (SSSR count). The molecule has 0 unspecified atom stereocenters. The van der Waals surface area contributed by atoms with Gasteiger partial charge in [0.05, 0.1) is 11.4 Å². The fraction of sp³-hybridized carbons (Fsp3) is 0. The molecule has 4 nitrogen and oxygen atoms in total. The Morgan fingerprint density at radius 1 is 0.429 bits per heavy atom. The SMILES string of the molecule is c1ccc(-c2cc(-c3ccc(-c4ccc(-c5cccc6c5sc5ccccc56)c5c4oc4ccccc45)cc3)nc(-c3ccccc3-c3cccnc3)n2)cc1. The van der Waals surface area contributed by atoms with Gasteiger partial charge in [0, 0.05) is 76.7 Å². The average molecular weight is 734 g/mol. The Balaban J connectivity index is 1.05. The molecule has 0 radical (unpaired) electrons. The quantitative estimate of drug-likeness (QED) is 0.171. The van der Waals surface area contributed by atoms with Crippen molar-refractivity contribution < 1.29 is 4.42 Å². The summed E-state index contributed by atoms with van der Waals surface area (Å²) in [7, 11) is 0. The van der Waals surface area contributed by atoms with Gasteiger partial charge in [-0.3, -0.25) is 4.98 Å². The minimum absolute atomic E-state index is 0.665. The average Bonchev–Trinajstić information content (AvgIpc) is 3.86. The largest absolute Gasteiger partial charge is 0.455 e. The maximum Gasteiger partial charge on any atom is 0.161 e. The van der Waals surface area contributed by atoms with Crippen LogP contribution in [0.5, 0.6) is 0 Å². The molecule has 0 aliphatic rings. The predicted molar refractivity (Wildman–Crippen MR) is 233 cm³/mol. The lowest BCUT2D eigenvalue weighted by atomic mass is 9.93. The molecule has 5 heteroatoms. The van der Waals surface area contributed by atoms with Crippen molar-refractivity contribution >= 4 is 53.4 Å². The molecular weight excluding hydrogens is 703 g/mol. The van der Waals surface area contributed by atoms with Crippen molar-refractivity contribution in [1.29, 1.82) is 0 Å². The molecule has 4 heterocycles. The summed E-state index contributed by atoms with van der Waals surface area (Å²) < 4.78 is 9.33. The van der Waals surface area contributed by atoms with Crippen molar-refractivity contribution in [1.82, 2.24) is 15.0 Å². The van der Waals surface area contributed by atoms with E-state index >= 15 is 0 Å². The van der Waals surface area contributed by atoms with Gasteiger partial charge in [-0.05, 0) is 47.0 Å². The van der Waals surface area contributed by atoms with E-state index in [1.54, 1.807) is 6.20 Å². The van der Waals surface area contributed by atoms with Crippen LogP contribution in [-0.2, 0) is 0 Å². The number of rotatable bonds is 6. The van der Waals surface area contributed by atoms with Crippen LogP contribution in [0.15, 0.2) is 193 Å². The Labute approximate surface area is 327 Å². The minimum atomic E-state index is 0.665. The van der Waals surface area contributed by atoms with Crippen LogP contribution in [-0.4, -0.2) is 15.0 Å². The molecular formula is C51H31N3OS. The summed E-state index contributed by atoms with van der Waals surface area (Å²) >= 11 is 1.85. The molecule has 56 heavy (non-hydrogen) atoms. The van der Waals surface area contributed by atoms with Crippen molar-refractivity contribution in [2.24, 2.45) is 0 Å². The number of hydrogen-bond donors (Lipinski definition) is 0. The molecule has 0 bridgehead atoms. The van der Waals surface area contributed by atoms with Crippen molar-refractivity contribution in [3.63, 3.8) is 0 Å². The van der Waals surface area contributed by atoms with E-state index in [1.165, 1.54) is 31.3 Å². The first kappa shape index (κ1) is 32.2. The lowest BCUT2D eigenvalue weighted by molar-refractivity contribution is 0.670. The molecule has 0 saturated heterocycles. The predicted octanol–water partition coefficient (Wildman–Crippen LogP) is 14.1. The number of benzene rings is 7. The monoisotopic (exact) mass is 733 g/mol. The van der Waals surface area contributed by atoms with Crippen LogP contribution in [0.1, 0.15) is 0 Å². The molecule has 11 aromatic rings. The third-order valence-corrected chi connectivity index (χ3v) is 11.9. The number of fused-ring (bicyclic) bond motifs is 6.